The number of hydrogen-bond donors (Lipinski definition) is 0. The summed E-state index contributed by atoms with van der Waals surface area (Å²) in [6.07, 6.45) is 0. The first-order valence-corrected chi connectivity index (χ1v) is 7.20. The summed E-state index contributed by atoms with van der Waals surface area (Å²) >= 11 is 0. The largest absolute Gasteiger partial charge is 0.457 e. The zero-order chi connectivity index (χ0) is 17.5. The number of carbonyl (C=O) groups excluding carboxylic acids is 2. The first kappa shape index (κ1) is 18.9. The Kier molecular flexibility index (Phi) is 6.47. The van der Waals surface area contributed by atoms with Gasteiger partial charge in [-0.3, -0.25) is 4.79 Å². The van der Waals surface area contributed by atoms with Gasteiger partial charge in [0.2, 0.25) is 0 Å². The van der Waals surface area contributed by atoms with Gasteiger partial charge in [0.25, 0.3) is 11.5 Å². The summed E-state index contributed by atoms with van der Waals surface area (Å²) < 4.78 is 24.3. The normalized spacial score (nSPS) is 13.4. The third kappa shape index (κ3) is 6.62. The molecule has 0 N–H and O–H groups in total. The Morgan fingerprint density at radius 3 is 2.30 bits per heavy atom. The molecule has 0 aliphatic heterocycles. The number of ether oxygens (including phenoxy) is 2. The minimum atomic E-state index is -2.79. The molecule has 0 bridgehead atoms. The van der Waals surface area contributed by atoms with Gasteiger partial charge < -0.3 is 9.47 Å². The Labute approximate surface area is 136 Å². The summed E-state index contributed by atoms with van der Waals surface area (Å²) in [7, 11) is 0. The highest BCUT2D eigenvalue weighted by molar-refractivity contribution is 6.15. The second-order valence-electron chi connectivity index (χ2n) is 6.11. The van der Waals surface area contributed by atoms with Crippen LogP contribution < -0.4 is 0 Å². The van der Waals surface area contributed by atoms with Crippen LogP contribution in [0, 0.1) is 11.8 Å². The minimum Gasteiger partial charge on any atom is -0.457 e. The molecule has 0 radical (unpaired) electrons. The first-order chi connectivity index (χ1) is 10.6. The molecule has 0 heterocycles. The fraction of sp³-hybridized carbons (Fsp3) is 0.444. The van der Waals surface area contributed by atoms with Crippen molar-refractivity contribution in [1.29, 1.82) is 0 Å². The highest BCUT2D eigenvalue weighted by Gasteiger charge is 2.43. The Morgan fingerprint density at radius 2 is 1.74 bits per heavy atom. The number of halogens is 1. The lowest BCUT2D eigenvalue weighted by molar-refractivity contribution is -0.169. The fourth-order valence-corrected chi connectivity index (χ4v) is 1.49. The van der Waals surface area contributed by atoms with Gasteiger partial charge in [0.1, 0.15) is 12.2 Å². The molecular weight excluding hydrogens is 299 g/mol. The van der Waals surface area contributed by atoms with Crippen molar-refractivity contribution in [3.63, 3.8) is 0 Å². The molecule has 23 heavy (non-hydrogen) atoms. The molecule has 0 amide bonds. The quantitative estimate of drug-likeness (QED) is 0.275. The van der Waals surface area contributed by atoms with Crippen LogP contribution in [-0.4, -0.2) is 29.6 Å². The van der Waals surface area contributed by atoms with E-state index >= 15 is 0 Å². The van der Waals surface area contributed by atoms with Crippen molar-refractivity contribution >= 4 is 11.8 Å². The van der Waals surface area contributed by atoms with Gasteiger partial charge in [-0.15, -0.1) is 0 Å². The van der Waals surface area contributed by atoms with Crippen molar-refractivity contribution in [3.05, 3.63) is 35.9 Å². The van der Waals surface area contributed by atoms with Crippen molar-refractivity contribution in [2.24, 2.45) is 0 Å². The van der Waals surface area contributed by atoms with Gasteiger partial charge in [0, 0.05) is 0 Å². The highest BCUT2D eigenvalue weighted by atomic mass is 19.1. The van der Waals surface area contributed by atoms with Crippen LogP contribution >= 0.6 is 0 Å². The van der Waals surface area contributed by atoms with Crippen LogP contribution in [0.1, 0.15) is 33.3 Å². The Hall–Kier alpha value is -2.19. The number of rotatable bonds is 5. The van der Waals surface area contributed by atoms with Gasteiger partial charge in [-0.25, -0.2) is 9.18 Å². The van der Waals surface area contributed by atoms with E-state index in [1.54, 1.807) is 20.8 Å². The second-order valence-corrected chi connectivity index (χ2v) is 6.11. The third-order valence-corrected chi connectivity index (χ3v) is 2.70. The maximum absolute atomic E-state index is 14.2. The average molecular weight is 320 g/mol. The molecular formula is C18H21FO4. The molecule has 0 aliphatic carbocycles. The van der Waals surface area contributed by atoms with Gasteiger partial charge >= 0.3 is 5.97 Å². The topological polar surface area (TPSA) is 52.6 Å². The van der Waals surface area contributed by atoms with E-state index in [9.17, 15) is 14.0 Å². The SMILES string of the molecule is CC(C)(C)OC(=O)C(C)(F)C(=O)C#CCOCc1ccccc1. The summed E-state index contributed by atoms with van der Waals surface area (Å²) in [6.45, 7) is 5.92. The summed E-state index contributed by atoms with van der Waals surface area (Å²) in [5.41, 5.74) is -2.71. The standard InChI is InChI=1S/C18H21FO4/c1-17(2,3)23-16(21)18(4,19)15(20)11-8-12-22-13-14-9-6-5-7-10-14/h5-7,9-10H,12-13H2,1-4H3. The molecule has 1 rings (SSSR count). The van der Waals surface area contributed by atoms with Crippen LogP contribution in [0.15, 0.2) is 30.3 Å². The van der Waals surface area contributed by atoms with Gasteiger partial charge in [0.15, 0.2) is 0 Å². The van der Waals surface area contributed by atoms with Crippen molar-refractivity contribution < 1.29 is 23.5 Å². The summed E-state index contributed by atoms with van der Waals surface area (Å²) in [4.78, 5) is 23.4. The number of hydrogen-bond acceptors (Lipinski definition) is 4. The Morgan fingerprint density at radius 1 is 1.13 bits per heavy atom. The number of Topliss-reactive ketones (excluding diaryl/α,β-unsaturated/α-hetero) is 1. The van der Waals surface area contributed by atoms with Gasteiger partial charge in [-0.1, -0.05) is 36.3 Å². The molecule has 1 aromatic carbocycles. The van der Waals surface area contributed by atoms with Crippen molar-refractivity contribution in [3.8, 4) is 11.8 Å². The highest BCUT2D eigenvalue weighted by Crippen LogP contribution is 2.18. The van der Waals surface area contributed by atoms with E-state index in [0.29, 0.717) is 6.61 Å². The third-order valence-electron chi connectivity index (χ3n) is 2.70. The van der Waals surface area contributed by atoms with Crippen LogP contribution in [0.2, 0.25) is 0 Å². The number of ketones is 1. The summed E-state index contributed by atoms with van der Waals surface area (Å²) in [5.74, 6) is 2.11. The molecule has 124 valence electrons. The van der Waals surface area contributed by atoms with Crippen LogP contribution in [-0.2, 0) is 25.7 Å². The van der Waals surface area contributed by atoms with Crippen LogP contribution in [0.25, 0.3) is 0 Å². The predicted octanol–water partition coefficient (Wildman–Crippen LogP) is 2.85. The molecule has 1 unspecified atom stereocenters. The molecule has 0 aromatic heterocycles. The second kappa shape index (κ2) is 7.89. The van der Waals surface area contributed by atoms with E-state index in [4.69, 9.17) is 9.47 Å². The molecule has 0 spiro atoms. The molecule has 1 atom stereocenters. The maximum atomic E-state index is 14.2. The minimum absolute atomic E-state index is 0.0367. The lowest BCUT2D eigenvalue weighted by atomic mass is 10.0. The van der Waals surface area contributed by atoms with Gasteiger partial charge in [-0.2, -0.15) is 0 Å². The van der Waals surface area contributed by atoms with Crippen molar-refractivity contribution in [2.75, 3.05) is 6.61 Å². The van der Waals surface area contributed by atoms with E-state index in [-0.39, 0.29) is 6.61 Å². The first-order valence-electron chi connectivity index (χ1n) is 7.20. The number of alkyl halides is 1. The molecule has 1 aromatic rings. The van der Waals surface area contributed by atoms with Crippen molar-refractivity contribution in [1.82, 2.24) is 0 Å². The fourth-order valence-electron chi connectivity index (χ4n) is 1.49. The van der Waals surface area contributed by atoms with E-state index in [1.165, 1.54) is 0 Å². The van der Waals surface area contributed by atoms with Crippen LogP contribution in [0.5, 0.6) is 0 Å². The lowest BCUT2D eigenvalue weighted by Gasteiger charge is -2.23. The zero-order valence-electron chi connectivity index (χ0n) is 13.8. The molecule has 0 saturated heterocycles. The van der Waals surface area contributed by atoms with E-state index < -0.39 is 23.0 Å². The van der Waals surface area contributed by atoms with Crippen molar-refractivity contribution in [2.45, 2.75) is 45.6 Å². The summed E-state index contributed by atoms with van der Waals surface area (Å²) in [6, 6.07) is 9.42. The summed E-state index contributed by atoms with van der Waals surface area (Å²) in [5, 5.41) is 0. The molecule has 0 saturated carbocycles. The van der Waals surface area contributed by atoms with Gasteiger partial charge in [-0.05, 0) is 39.2 Å². The van der Waals surface area contributed by atoms with E-state index in [2.05, 4.69) is 11.8 Å². The molecule has 0 aliphatic rings. The maximum Gasteiger partial charge on any atom is 0.353 e. The number of carbonyl (C=O) groups is 2. The number of esters is 1. The lowest BCUT2D eigenvalue weighted by Crippen LogP contribution is -2.43. The predicted molar refractivity (Wildman–Crippen MR) is 84.2 cm³/mol. The molecule has 4 nitrogen and oxygen atoms in total. The molecule has 0 fully saturated rings. The monoisotopic (exact) mass is 320 g/mol. The Bertz CT molecular complexity index is 603. The smallest absolute Gasteiger partial charge is 0.353 e. The Balaban J connectivity index is 2.50. The van der Waals surface area contributed by atoms with E-state index in [1.807, 2.05) is 30.3 Å². The van der Waals surface area contributed by atoms with Crippen LogP contribution in [0.4, 0.5) is 4.39 Å². The van der Waals surface area contributed by atoms with Crippen LogP contribution in [0.3, 0.4) is 0 Å². The average Bonchev–Trinajstić information content (AvgIpc) is 2.46. The number of benzene rings is 1. The molecule has 5 heteroatoms. The zero-order valence-corrected chi connectivity index (χ0v) is 13.8. The van der Waals surface area contributed by atoms with E-state index in [0.717, 1.165) is 12.5 Å². The van der Waals surface area contributed by atoms with Gasteiger partial charge in [0.05, 0.1) is 6.61 Å².